The Balaban J connectivity index is 2.29. The average Bonchev–Trinajstić information content (AvgIpc) is 2.47. The summed E-state index contributed by atoms with van der Waals surface area (Å²) in [6, 6.07) is 6.03. The highest BCUT2D eigenvalue weighted by Gasteiger charge is 2.26. The van der Waals surface area contributed by atoms with Gasteiger partial charge in [0.15, 0.2) is 5.78 Å². The van der Waals surface area contributed by atoms with Gasteiger partial charge in [-0.05, 0) is 24.5 Å². The van der Waals surface area contributed by atoms with Gasteiger partial charge in [0.25, 0.3) is 0 Å². The summed E-state index contributed by atoms with van der Waals surface area (Å²) in [5.41, 5.74) is 5.04. The Kier molecular flexibility index (Phi) is 1.93. The SMILES string of the molecule is Cc1ccc2c(c1)C1=C(C=CCC=C1)C2=O. The molecule has 0 fully saturated rings. The quantitative estimate of drug-likeness (QED) is 0.638. The number of hydrogen-bond acceptors (Lipinski definition) is 1. The van der Waals surface area contributed by atoms with Crippen molar-refractivity contribution in [1.29, 1.82) is 0 Å². The van der Waals surface area contributed by atoms with Gasteiger partial charge in [0.2, 0.25) is 0 Å². The van der Waals surface area contributed by atoms with E-state index in [1.807, 2.05) is 24.3 Å². The third-order valence-electron chi connectivity index (χ3n) is 3.09. The number of allylic oxidation sites excluding steroid dienone is 6. The van der Waals surface area contributed by atoms with E-state index in [1.54, 1.807) is 0 Å². The van der Waals surface area contributed by atoms with Crippen LogP contribution in [0.25, 0.3) is 5.57 Å². The normalized spacial score (nSPS) is 17.4. The lowest BCUT2D eigenvalue weighted by atomic mass is 10.0. The van der Waals surface area contributed by atoms with E-state index in [9.17, 15) is 4.79 Å². The van der Waals surface area contributed by atoms with Crippen LogP contribution in [0.4, 0.5) is 0 Å². The van der Waals surface area contributed by atoms with Gasteiger partial charge < -0.3 is 0 Å². The van der Waals surface area contributed by atoms with Crippen LogP contribution in [0.3, 0.4) is 0 Å². The highest BCUT2D eigenvalue weighted by Crippen LogP contribution is 2.36. The van der Waals surface area contributed by atoms with Crippen molar-refractivity contribution in [2.45, 2.75) is 13.3 Å². The van der Waals surface area contributed by atoms with Gasteiger partial charge in [-0.2, -0.15) is 0 Å². The van der Waals surface area contributed by atoms with Crippen LogP contribution in [0.5, 0.6) is 0 Å². The van der Waals surface area contributed by atoms with Gasteiger partial charge in [-0.1, -0.05) is 48.1 Å². The molecule has 0 saturated heterocycles. The van der Waals surface area contributed by atoms with Crippen molar-refractivity contribution in [3.63, 3.8) is 0 Å². The van der Waals surface area contributed by atoms with E-state index in [-0.39, 0.29) is 5.78 Å². The molecule has 2 aliphatic rings. The first kappa shape index (κ1) is 9.34. The smallest absolute Gasteiger partial charge is 0.194 e. The lowest BCUT2D eigenvalue weighted by molar-refractivity contribution is 0.104. The number of hydrogen-bond donors (Lipinski definition) is 0. The largest absolute Gasteiger partial charge is 0.289 e. The number of aryl methyl sites for hydroxylation is 1. The first-order chi connectivity index (χ1) is 7.77. The van der Waals surface area contributed by atoms with Crippen molar-refractivity contribution in [2.24, 2.45) is 0 Å². The maximum absolute atomic E-state index is 12.2. The zero-order chi connectivity index (χ0) is 11.1. The number of rotatable bonds is 0. The fourth-order valence-electron chi connectivity index (χ4n) is 2.29. The molecule has 0 aromatic heterocycles. The molecule has 0 saturated carbocycles. The molecule has 0 spiro atoms. The van der Waals surface area contributed by atoms with E-state index in [1.165, 1.54) is 5.56 Å². The van der Waals surface area contributed by atoms with Crippen molar-refractivity contribution < 1.29 is 4.79 Å². The predicted molar refractivity (Wildman–Crippen MR) is 65.3 cm³/mol. The van der Waals surface area contributed by atoms with Crippen LogP contribution in [0.1, 0.15) is 27.9 Å². The Labute approximate surface area is 94.8 Å². The minimum Gasteiger partial charge on any atom is -0.289 e. The molecule has 0 atom stereocenters. The van der Waals surface area contributed by atoms with E-state index in [2.05, 4.69) is 25.1 Å². The molecule has 0 radical (unpaired) electrons. The molecule has 2 aliphatic carbocycles. The van der Waals surface area contributed by atoms with Crippen LogP contribution in [-0.4, -0.2) is 5.78 Å². The molecule has 1 heteroatoms. The van der Waals surface area contributed by atoms with Gasteiger partial charge in [-0.25, -0.2) is 0 Å². The zero-order valence-electron chi connectivity index (χ0n) is 9.16. The lowest BCUT2D eigenvalue weighted by Crippen LogP contribution is -1.96. The number of fused-ring (bicyclic) bond motifs is 2. The molecular weight excluding hydrogens is 196 g/mol. The summed E-state index contributed by atoms with van der Waals surface area (Å²) in [5, 5.41) is 0. The van der Waals surface area contributed by atoms with Crippen LogP contribution >= 0.6 is 0 Å². The molecule has 0 amide bonds. The van der Waals surface area contributed by atoms with Crippen LogP contribution in [0.15, 0.2) is 48.1 Å². The third kappa shape index (κ3) is 1.21. The summed E-state index contributed by atoms with van der Waals surface area (Å²) < 4.78 is 0. The number of Topliss-reactive ketones (excluding diaryl/α,β-unsaturated/α-hetero) is 1. The Hall–Kier alpha value is -1.89. The molecule has 78 valence electrons. The Bertz CT molecular complexity index is 571. The Morgan fingerprint density at radius 2 is 1.75 bits per heavy atom. The van der Waals surface area contributed by atoms with Gasteiger partial charge >= 0.3 is 0 Å². The molecule has 0 aliphatic heterocycles. The summed E-state index contributed by atoms with van der Waals surface area (Å²) in [6.07, 6.45) is 9.06. The second-order valence-corrected chi connectivity index (χ2v) is 4.25. The van der Waals surface area contributed by atoms with Gasteiger partial charge in [-0.15, -0.1) is 0 Å². The number of ketones is 1. The van der Waals surface area contributed by atoms with Gasteiger partial charge in [-0.3, -0.25) is 4.79 Å². The summed E-state index contributed by atoms with van der Waals surface area (Å²) in [7, 11) is 0. The highest BCUT2D eigenvalue weighted by molar-refractivity contribution is 6.23. The number of carbonyl (C=O) groups excluding carboxylic acids is 1. The Morgan fingerprint density at radius 1 is 1.00 bits per heavy atom. The third-order valence-corrected chi connectivity index (χ3v) is 3.09. The van der Waals surface area contributed by atoms with E-state index >= 15 is 0 Å². The number of carbonyl (C=O) groups is 1. The zero-order valence-corrected chi connectivity index (χ0v) is 9.16. The summed E-state index contributed by atoms with van der Waals surface area (Å²) in [6.45, 7) is 2.06. The van der Waals surface area contributed by atoms with Crippen LogP contribution < -0.4 is 0 Å². The molecular formula is C15H12O. The van der Waals surface area contributed by atoms with Gasteiger partial charge in [0.05, 0.1) is 0 Å². The molecule has 0 unspecified atom stereocenters. The monoisotopic (exact) mass is 208 g/mol. The van der Waals surface area contributed by atoms with Gasteiger partial charge in [0.1, 0.15) is 0 Å². The van der Waals surface area contributed by atoms with E-state index < -0.39 is 0 Å². The molecule has 0 N–H and O–H groups in total. The maximum atomic E-state index is 12.2. The second-order valence-electron chi connectivity index (χ2n) is 4.25. The first-order valence-electron chi connectivity index (χ1n) is 5.50. The van der Waals surface area contributed by atoms with Crippen molar-refractivity contribution >= 4 is 11.4 Å². The molecule has 3 rings (SSSR count). The summed E-state index contributed by atoms with van der Waals surface area (Å²) >= 11 is 0. The lowest BCUT2D eigenvalue weighted by Gasteiger charge is -2.01. The molecule has 1 nitrogen and oxygen atoms in total. The summed E-state index contributed by atoms with van der Waals surface area (Å²) in [4.78, 5) is 12.2. The topological polar surface area (TPSA) is 17.1 Å². The van der Waals surface area contributed by atoms with Crippen molar-refractivity contribution in [1.82, 2.24) is 0 Å². The molecule has 0 heterocycles. The van der Waals surface area contributed by atoms with Crippen LogP contribution in [0.2, 0.25) is 0 Å². The molecule has 16 heavy (non-hydrogen) atoms. The van der Waals surface area contributed by atoms with E-state index in [0.717, 1.165) is 28.7 Å². The minimum atomic E-state index is 0.160. The predicted octanol–water partition coefficient (Wildman–Crippen LogP) is 3.46. The fourth-order valence-corrected chi connectivity index (χ4v) is 2.29. The highest BCUT2D eigenvalue weighted by atomic mass is 16.1. The van der Waals surface area contributed by atoms with Crippen molar-refractivity contribution in [2.75, 3.05) is 0 Å². The van der Waals surface area contributed by atoms with Crippen LogP contribution in [0, 0.1) is 6.92 Å². The molecule has 0 bridgehead atoms. The van der Waals surface area contributed by atoms with E-state index in [4.69, 9.17) is 0 Å². The second kappa shape index (κ2) is 3.31. The standard InChI is InChI=1S/C15H12O/c1-10-7-8-13-14(9-10)11-5-3-2-4-6-12(11)15(13)16/h3-9H,2H2,1H3. The van der Waals surface area contributed by atoms with Crippen LogP contribution in [-0.2, 0) is 0 Å². The van der Waals surface area contributed by atoms with E-state index in [0.29, 0.717) is 0 Å². The minimum absolute atomic E-state index is 0.160. The molecule has 1 aromatic carbocycles. The Morgan fingerprint density at radius 3 is 2.56 bits per heavy atom. The van der Waals surface area contributed by atoms with Crippen molar-refractivity contribution in [3.8, 4) is 0 Å². The summed E-state index contributed by atoms with van der Waals surface area (Å²) in [5.74, 6) is 0.160. The fraction of sp³-hybridized carbons (Fsp3) is 0.133. The molecule has 1 aromatic rings. The van der Waals surface area contributed by atoms with Gasteiger partial charge in [0, 0.05) is 11.1 Å². The number of benzene rings is 1. The average molecular weight is 208 g/mol. The first-order valence-corrected chi connectivity index (χ1v) is 5.50. The maximum Gasteiger partial charge on any atom is 0.194 e. The van der Waals surface area contributed by atoms with Crippen molar-refractivity contribution in [3.05, 3.63) is 64.8 Å².